The summed E-state index contributed by atoms with van der Waals surface area (Å²) in [7, 11) is 0. The second kappa shape index (κ2) is 6.22. The molecule has 102 valence electrons. The lowest BCUT2D eigenvalue weighted by atomic mass is 10.2. The number of nitrogens with one attached hydrogen (secondary N) is 1. The van der Waals surface area contributed by atoms with Crippen LogP contribution in [-0.2, 0) is 9.59 Å². The number of carbonyl (C=O) groups excluding carboxylic acids is 2. The molecule has 19 heavy (non-hydrogen) atoms. The Morgan fingerprint density at radius 2 is 1.95 bits per heavy atom. The van der Waals surface area contributed by atoms with Crippen LogP contribution in [0.4, 0.5) is 11.4 Å². The van der Waals surface area contributed by atoms with E-state index in [1.165, 1.54) is 0 Å². The van der Waals surface area contributed by atoms with Gasteiger partial charge in [-0.25, -0.2) is 0 Å². The van der Waals surface area contributed by atoms with Gasteiger partial charge in [0.05, 0.1) is 6.54 Å². The molecule has 0 radical (unpaired) electrons. The zero-order chi connectivity index (χ0) is 13.7. The molecule has 1 aromatic rings. The van der Waals surface area contributed by atoms with Crippen molar-refractivity contribution in [2.75, 3.05) is 24.1 Å². The molecular formula is C14H19N3O2. The minimum atomic E-state index is -0.167. The lowest BCUT2D eigenvalue weighted by Crippen LogP contribution is -2.37. The Bertz CT molecular complexity index is 456. The Labute approximate surface area is 112 Å². The Morgan fingerprint density at radius 1 is 1.21 bits per heavy atom. The molecule has 1 aromatic carbocycles. The van der Waals surface area contributed by atoms with E-state index in [4.69, 9.17) is 5.73 Å². The first-order chi connectivity index (χ1) is 9.15. The van der Waals surface area contributed by atoms with Gasteiger partial charge in [0.1, 0.15) is 0 Å². The largest absolute Gasteiger partial charge is 0.399 e. The van der Waals surface area contributed by atoms with Crippen LogP contribution in [0, 0.1) is 0 Å². The predicted octanol–water partition coefficient (Wildman–Crippen LogP) is 1.61. The average molecular weight is 261 g/mol. The molecule has 0 aromatic heterocycles. The van der Waals surface area contributed by atoms with E-state index in [0.29, 0.717) is 24.3 Å². The third-order valence-electron chi connectivity index (χ3n) is 3.20. The number of carbonyl (C=O) groups is 2. The Hall–Kier alpha value is -2.04. The molecule has 2 amide bonds. The van der Waals surface area contributed by atoms with E-state index in [9.17, 15) is 9.59 Å². The molecule has 0 unspecified atom stereocenters. The zero-order valence-corrected chi connectivity index (χ0v) is 10.9. The maximum Gasteiger partial charge on any atom is 0.243 e. The summed E-state index contributed by atoms with van der Waals surface area (Å²) in [6, 6.07) is 6.95. The van der Waals surface area contributed by atoms with Crippen LogP contribution in [0.2, 0.25) is 0 Å². The third kappa shape index (κ3) is 3.98. The molecule has 1 aliphatic rings. The summed E-state index contributed by atoms with van der Waals surface area (Å²) in [5.74, 6) is -0.0926. The van der Waals surface area contributed by atoms with Crippen molar-refractivity contribution in [3.63, 3.8) is 0 Å². The first kappa shape index (κ1) is 13.4. The molecule has 3 N–H and O–H groups in total. The lowest BCUT2D eigenvalue weighted by molar-refractivity contribution is -0.134. The summed E-state index contributed by atoms with van der Waals surface area (Å²) >= 11 is 0. The van der Waals surface area contributed by atoms with Crippen molar-refractivity contribution in [3.05, 3.63) is 24.3 Å². The molecule has 5 nitrogen and oxygen atoms in total. The molecule has 1 fully saturated rings. The number of hydrogen-bond donors (Lipinski definition) is 2. The van der Waals surface area contributed by atoms with Gasteiger partial charge in [-0.15, -0.1) is 0 Å². The second-order valence-corrected chi connectivity index (χ2v) is 4.80. The van der Waals surface area contributed by atoms with Crippen molar-refractivity contribution >= 4 is 23.2 Å². The maximum absolute atomic E-state index is 11.9. The maximum atomic E-state index is 11.9. The van der Waals surface area contributed by atoms with E-state index >= 15 is 0 Å². The SMILES string of the molecule is Nc1ccc(NC(=O)CN2CCCCCC2=O)cc1. The first-order valence-corrected chi connectivity index (χ1v) is 6.58. The van der Waals surface area contributed by atoms with E-state index in [-0.39, 0.29) is 18.4 Å². The Balaban J connectivity index is 1.89. The van der Waals surface area contributed by atoms with Crippen LogP contribution < -0.4 is 11.1 Å². The molecule has 1 saturated heterocycles. The highest BCUT2D eigenvalue weighted by molar-refractivity contribution is 5.94. The molecule has 5 heteroatoms. The zero-order valence-electron chi connectivity index (χ0n) is 10.9. The van der Waals surface area contributed by atoms with E-state index < -0.39 is 0 Å². The fraction of sp³-hybridized carbons (Fsp3) is 0.429. The van der Waals surface area contributed by atoms with Crippen molar-refractivity contribution in [2.45, 2.75) is 25.7 Å². The van der Waals surface area contributed by atoms with Crippen LogP contribution in [-0.4, -0.2) is 29.8 Å². The third-order valence-corrected chi connectivity index (χ3v) is 3.20. The summed E-state index contributed by atoms with van der Waals surface area (Å²) in [5.41, 5.74) is 6.93. The van der Waals surface area contributed by atoms with Gasteiger partial charge in [0.15, 0.2) is 0 Å². The number of hydrogen-bond acceptors (Lipinski definition) is 3. The van der Waals surface area contributed by atoms with Crippen molar-refractivity contribution in [1.82, 2.24) is 4.90 Å². The van der Waals surface area contributed by atoms with Crippen molar-refractivity contribution in [2.24, 2.45) is 0 Å². The van der Waals surface area contributed by atoms with Crippen molar-refractivity contribution < 1.29 is 9.59 Å². The van der Waals surface area contributed by atoms with Gasteiger partial charge in [-0.3, -0.25) is 9.59 Å². The highest BCUT2D eigenvalue weighted by Crippen LogP contribution is 2.13. The standard InChI is InChI=1S/C14H19N3O2/c15-11-5-7-12(8-6-11)16-13(18)10-17-9-3-1-2-4-14(17)19/h5-8H,1-4,9-10,15H2,(H,16,18). The van der Waals surface area contributed by atoms with Gasteiger partial charge in [-0.05, 0) is 37.1 Å². The van der Waals surface area contributed by atoms with Gasteiger partial charge in [-0.2, -0.15) is 0 Å². The minimum absolute atomic E-state index is 0.0740. The molecule has 0 saturated carbocycles. The van der Waals surface area contributed by atoms with Crippen LogP contribution >= 0.6 is 0 Å². The van der Waals surface area contributed by atoms with Gasteiger partial charge in [0.25, 0.3) is 0 Å². The first-order valence-electron chi connectivity index (χ1n) is 6.58. The molecule has 0 atom stereocenters. The molecular weight excluding hydrogens is 242 g/mol. The Kier molecular flexibility index (Phi) is 4.39. The van der Waals surface area contributed by atoms with Gasteiger partial charge in [0, 0.05) is 24.3 Å². The summed E-state index contributed by atoms with van der Waals surface area (Å²) in [4.78, 5) is 25.3. The molecule has 0 spiro atoms. The van der Waals surface area contributed by atoms with Crippen LogP contribution in [0.1, 0.15) is 25.7 Å². The molecule has 1 heterocycles. The van der Waals surface area contributed by atoms with Gasteiger partial charge in [0.2, 0.25) is 11.8 Å². The van der Waals surface area contributed by atoms with Gasteiger partial charge in [-0.1, -0.05) is 6.42 Å². The summed E-state index contributed by atoms with van der Waals surface area (Å²) in [6.45, 7) is 0.803. The van der Waals surface area contributed by atoms with E-state index in [0.717, 1.165) is 19.3 Å². The number of amides is 2. The number of nitrogens with zero attached hydrogens (tertiary/aromatic N) is 1. The highest BCUT2D eigenvalue weighted by atomic mass is 16.2. The van der Waals surface area contributed by atoms with Crippen molar-refractivity contribution in [1.29, 1.82) is 0 Å². The Morgan fingerprint density at radius 3 is 2.68 bits per heavy atom. The van der Waals surface area contributed by atoms with Crippen LogP contribution in [0.3, 0.4) is 0 Å². The highest BCUT2D eigenvalue weighted by Gasteiger charge is 2.19. The number of benzene rings is 1. The predicted molar refractivity (Wildman–Crippen MR) is 74.5 cm³/mol. The van der Waals surface area contributed by atoms with E-state index in [1.54, 1.807) is 29.2 Å². The monoisotopic (exact) mass is 261 g/mol. The molecule has 2 rings (SSSR count). The quantitative estimate of drug-likeness (QED) is 0.812. The fourth-order valence-corrected chi connectivity index (χ4v) is 2.15. The van der Waals surface area contributed by atoms with E-state index in [1.807, 2.05) is 0 Å². The van der Waals surface area contributed by atoms with Crippen molar-refractivity contribution in [3.8, 4) is 0 Å². The van der Waals surface area contributed by atoms with Crippen LogP contribution in [0.15, 0.2) is 24.3 Å². The van der Waals surface area contributed by atoms with E-state index in [2.05, 4.69) is 5.32 Å². The van der Waals surface area contributed by atoms with Crippen LogP contribution in [0.5, 0.6) is 0 Å². The number of anilines is 2. The molecule has 1 aliphatic heterocycles. The summed E-state index contributed by atoms with van der Waals surface area (Å²) in [6.07, 6.45) is 3.51. The number of likely N-dealkylation sites (tertiary alicyclic amines) is 1. The fourth-order valence-electron chi connectivity index (χ4n) is 2.15. The smallest absolute Gasteiger partial charge is 0.243 e. The van der Waals surface area contributed by atoms with Gasteiger partial charge >= 0.3 is 0 Å². The number of nitrogens with two attached hydrogens (primary N) is 1. The minimum Gasteiger partial charge on any atom is -0.399 e. The second-order valence-electron chi connectivity index (χ2n) is 4.80. The molecule has 0 bridgehead atoms. The number of rotatable bonds is 3. The van der Waals surface area contributed by atoms with Gasteiger partial charge < -0.3 is 16.0 Å². The summed E-state index contributed by atoms with van der Waals surface area (Å²) < 4.78 is 0. The number of nitrogen functional groups attached to an aromatic ring is 1. The summed E-state index contributed by atoms with van der Waals surface area (Å²) in [5, 5.41) is 2.77. The van der Waals surface area contributed by atoms with Crippen LogP contribution in [0.25, 0.3) is 0 Å². The average Bonchev–Trinajstić information content (AvgIpc) is 2.58. The molecule has 0 aliphatic carbocycles. The lowest BCUT2D eigenvalue weighted by Gasteiger charge is -2.19. The normalized spacial score (nSPS) is 16.0. The topological polar surface area (TPSA) is 75.4 Å².